The van der Waals surface area contributed by atoms with Gasteiger partial charge in [0.1, 0.15) is 5.82 Å². The monoisotopic (exact) mass is 217 g/mol. The van der Waals surface area contributed by atoms with Crippen LogP contribution in [-0.4, -0.2) is 27.3 Å². The number of hydrogen-bond acceptors (Lipinski definition) is 3. The highest BCUT2D eigenvalue weighted by atomic mass is 16.3. The zero-order chi connectivity index (χ0) is 11.4. The molecule has 0 aliphatic rings. The van der Waals surface area contributed by atoms with Crippen LogP contribution in [0.3, 0.4) is 0 Å². The molecule has 2 rings (SSSR count). The van der Waals surface area contributed by atoms with Crippen molar-refractivity contribution in [2.45, 2.75) is 12.6 Å². The number of hydrogen-bond donors (Lipinski definition) is 2. The molecule has 0 aliphatic carbocycles. The predicted octanol–water partition coefficient (Wildman–Crippen LogP) is 0.870. The molecule has 1 aromatic heterocycles. The third kappa shape index (κ3) is 2.29. The van der Waals surface area contributed by atoms with E-state index in [0.29, 0.717) is 6.54 Å². The zero-order valence-corrected chi connectivity index (χ0v) is 8.95. The highest BCUT2D eigenvalue weighted by Gasteiger charge is 2.08. The minimum Gasteiger partial charge on any atom is -0.390 e. The Balaban J connectivity index is 2.26. The van der Waals surface area contributed by atoms with Gasteiger partial charge in [0.15, 0.2) is 0 Å². The van der Waals surface area contributed by atoms with E-state index in [1.807, 2.05) is 41.1 Å². The van der Waals surface area contributed by atoms with Crippen LogP contribution in [0.2, 0.25) is 0 Å². The number of aromatic nitrogens is 2. The Morgan fingerprint density at radius 2 is 2.06 bits per heavy atom. The Morgan fingerprint density at radius 3 is 2.75 bits per heavy atom. The lowest BCUT2D eigenvalue weighted by atomic mass is 10.2. The zero-order valence-electron chi connectivity index (χ0n) is 8.95. The number of rotatable bonds is 4. The van der Waals surface area contributed by atoms with Crippen molar-refractivity contribution < 1.29 is 5.11 Å². The molecule has 3 N–H and O–H groups in total. The average Bonchev–Trinajstić information content (AvgIpc) is 2.78. The lowest BCUT2D eigenvalue weighted by molar-refractivity contribution is 0.162. The molecule has 2 aromatic rings. The van der Waals surface area contributed by atoms with Gasteiger partial charge in [0, 0.05) is 24.5 Å². The van der Waals surface area contributed by atoms with E-state index in [9.17, 15) is 5.11 Å². The summed E-state index contributed by atoms with van der Waals surface area (Å²) >= 11 is 0. The maximum absolute atomic E-state index is 9.53. The Bertz CT molecular complexity index is 439. The van der Waals surface area contributed by atoms with E-state index >= 15 is 0 Å². The molecule has 1 heterocycles. The van der Waals surface area contributed by atoms with Gasteiger partial charge in [-0.1, -0.05) is 30.3 Å². The largest absolute Gasteiger partial charge is 0.390 e. The smallest absolute Gasteiger partial charge is 0.139 e. The van der Waals surface area contributed by atoms with Gasteiger partial charge in [-0.2, -0.15) is 0 Å². The predicted molar refractivity (Wildman–Crippen MR) is 62.7 cm³/mol. The van der Waals surface area contributed by atoms with E-state index < -0.39 is 6.10 Å². The van der Waals surface area contributed by atoms with E-state index in [1.165, 1.54) is 0 Å². The Morgan fingerprint density at radius 1 is 1.31 bits per heavy atom. The summed E-state index contributed by atoms with van der Waals surface area (Å²) in [5, 5.41) is 9.53. The molecule has 4 heteroatoms. The number of nitrogens with two attached hydrogens (primary N) is 1. The summed E-state index contributed by atoms with van der Waals surface area (Å²) in [7, 11) is 0. The van der Waals surface area contributed by atoms with Crippen molar-refractivity contribution in [3.8, 4) is 11.4 Å². The first kappa shape index (κ1) is 10.9. The number of aliphatic hydroxyl groups excluding tert-OH is 1. The molecule has 1 atom stereocenters. The SMILES string of the molecule is NCC(O)Cn1ccnc1-c1ccccc1. The Hall–Kier alpha value is -1.65. The summed E-state index contributed by atoms with van der Waals surface area (Å²) in [4.78, 5) is 4.28. The van der Waals surface area contributed by atoms with Crippen LogP contribution in [0.4, 0.5) is 0 Å². The molecule has 0 radical (unpaired) electrons. The summed E-state index contributed by atoms with van der Waals surface area (Å²) in [6.07, 6.45) is 3.05. The average molecular weight is 217 g/mol. The normalized spacial score (nSPS) is 12.6. The van der Waals surface area contributed by atoms with Gasteiger partial charge in [0.05, 0.1) is 12.6 Å². The molecule has 0 saturated carbocycles. The molecule has 84 valence electrons. The van der Waals surface area contributed by atoms with Gasteiger partial charge in [-0.25, -0.2) is 4.98 Å². The molecule has 1 unspecified atom stereocenters. The van der Waals surface area contributed by atoms with Crippen LogP contribution in [0.1, 0.15) is 0 Å². The molecule has 0 bridgehead atoms. The number of aliphatic hydroxyl groups is 1. The van der Waals surface area contributed by atoms with Gasteiger partial charge in [0.25, 0.3) is 0 Å². The number of imidazole rings is 1. The fraction of sp³-hybridized carbons (Fsp3) is 0.250. The summed E-state index contributed by atoms with van der Waals surface area (Å²) in [6, 6.07) is 9.88. The summed E-state index contributed by atoms with van der Waals surface area (Å²) in [6.45, 7) is 0.729. The first-order valence-electron chi connectivity index (χ1n) is 5.26. The van der Waals surface area contributed by atoms with Crippen LogP contribution in [0.15, 0.2) is 42.7 Å². The van der Waals surface area contributed by atoms with Crippen LogP contribution in [0.25, 0.3) is 11.4 Å². The second kappa shape index (κ2) is 4.92. The van der Waals surface area contributed by atoms with Crippen molar-refractivity contribution >= 4 is 0 Å². The fourth-order valence-electron chi connectivity index (χ4n) is 1.61. The summed E-state index contributed by atoms with van der Waals surface area (Å²) < 4.78 is 1.91. The summed E-state index contributed by atoms with van der Waals surface area (Å²) in [5.41, 5.74) is 6.43. The van der Waals surface area contributed by atoms with Gasteiger partial charge >= 0.3 is 0 Å². The molecule has 4 nitrogen and oxygen atoms in total. The van der Waals surface area contributed by atoms with Crippen LogP contribution < -0.4 is 5.73 Å². The Kier molecular flexibility index (Phi) is 3.34. The summed E-state index contributed by atoms with van der Waals surface area (Å²) in [5.74, 6) is 0.855. The van der Waals surface area contributed by atoms with Crippen molar-refractivity contribution in [3.05, 3.63) is 42.7 Å². The second-order valence-electron chi connectivity index (χ2n) is 3.66. The molecule has 0 saturated heterocycles. The first-order chi connectivity index (χ1) is 7.81. The van der Waals surface area contributed by atoms with E-state index in [2.05, 4.69) is 4.98 Å². The molecule has 0 amide bonds. The van der Waals surface area contributed by atoms with Crippen molar-refractivity contribution in [1.82, 2.24) is 9.55 Å². The minimum atomic E-state index is -0.531. The quantitative estimate of drug-likeness (QED) is 0.798. The number of benzene rings is 1. The lowest BCUT2D eigenvalue weighted by Gasteiger charge is -2.11. The maximum atomic E-state index is 9.53. The third-order valence-corrected chi connectivity index (χ3v) is 2.43. The van der Waals surface area contributed by atoms with Crippen molar-refractivity contribution in [3.63, 3.8) is 0 Å². The highest BCUT2D eigenvalue weighted by molar-refractivity contribution is 5.55. The van der Waals surface area contributed by atoms with Gasteiger partial charge in [0.2, 0.25) is 0 Å². The fourth-order valence-corrected chi connectivity index (χ4v) is 1.61. The van der Waals surface area contributed by atoms with Crippen molar-refractivity contribution in [2.75, 3.05) is 6.54 Å². The first-order valence-corrected chi connectivity index (χ1v) is 5.26. The van der Waals surface area contributed by atoms with Crippen molar-refractivity contribution in [2.24, 2.45) is 5.73 Å². The minimum absolute atomic E-state index is 0.256. The molecular weight excluding hydrogens is 202 g/mol. The second-order valence-corrected chi connectivity index (χ2v) is 3.66. The highest BCUT2D eigenvalue weighted by Crippen LogP contribution is 2.16. The van der Waals surface area contributed by atoms with E-state index in [1.54, 1.807) is 6.20 Å². The molecular formula is C12H15N3O. The lowest BCUT2D eigenvalue weighted by Crippen LogP contribution is -2.25. The Labute approximate surface area is 94.4 Å². The van der Waals surface area contributed by atoms with Crippen LogP contribution >= 0.6 is 0 Å². The van der Waals surface area contributed by atoms with Gasteiger partial charge < -0.3 is 15.4 Å². The van der Waals surface area contributed by atoms with Crippen LogP contribution in [0, 0.1) is 0 Å². The van der Waals surface area contributed by atoms with Crippen LogP contribution in [-0.2, 0) is 6.54 Å². The van der Waals surface area contributed by atoms with E-state index in [-0.39, 0.29) is 6.54 Å². The van der Waals surface area contributed by atoms with Crippen LogP contribution in [0.5, 0.6) is 0 Å². The molecule has 0 fully saturated rings. The molecule has 1 aromatic carbocycles. The number of nitrogens with zero attached hydrogens (tertiary/aromatic N) is 2. The standard InChI is InChI=1S/C12H15N3O/c13-8-11(16)9-15-7-6-14-12(15)10-4-2-1-3-5-10/h1-7,11,16H,8-9,13H2. The third-order valence-electron chi connectivity index (χ3n) is 2.43. The topological polar surface area (TPSA) is 64.1 Å². The van der Waals surface area contributed by atoms with Gasteiger partial charge in [-0.05, 0) is 0 Å². The molecule has 0 spiro atoms. The van der Waals surface area contributed by atoms with Gasteiger partial charge in [-0.15, -0.1) is 0 Å². The van der Waals surface area contributed by atoms with Gasteiger partial charge in [-0.3, -0.25) is 0 Å². The van der Waals surface area contributed by atoms with Crippen molar-refractivity contribution in [1.29, 1.82) is 0 Å². The maximum Gasteiger partial charge on any atom is 0.139 e. The molecule has 0 aliphatic heterocycles. The molecule has 16 heavy (non-hydrogen) atoms. The van der Waals surface area contributed by atoms with E-state index in [0.717, 1.165) is 11.4 Å². The van der Waals surface area contributed by atoms with E-state index in [4.69, 9.17) is 5.73 Å².